The minimum Gasteiger partial charge on any atom is -0.465 e. The summed E-state index contributed by atoms with van der Waals surface area (Å²) in [6.45, 7) is 2.74. The quantitative estimate of drug-likeness (QED) is 0.543. The van der Waals surface area contributed by atoms with Gasteiger partial charge in [-0.25, -0.2) is 0 Å². The Morgan fingerprint density at radius 2 is 1.72 bits per heavy atom. The fraction of sp³-hybridized carbons (Fsp3) is 0.818. The van der Waals surface area contributed by atoms with E-state index in [9.17, 15) is 22.8 Å². The van der Waals surface area contributed by atoms with Crippen molar-refractivity contribution in [3.8, 4) is 0 Å². The fourth-order valence-corrected chi connectivity index (χ4v) is 1.23. The summed E-state index contributed by atoms with van der Waals surface area (Å²) in [5.41, 5.74) is -1.43. The summed E-state index contributed by atoms with van der Waals surface area (Å²) in [7, 11) is 1.17. The fourth-order valence-electron chi connectivity index (χ4n) is 1.23. The third-order valence-electron chi connectivity index (χ3n) is 2.35. The Bertz CT molecular complexity index is 313. The number of esters is 1. The van der Waals surface area contributed by atoms with Crippen LogP contribution in [-0.4, -0.2) is 49.6 Å². The highest BCUT2D eigenvalue weighted by atomic mass is 19.4. The van der Waals surface area contributed by atoms with Gasteiger partial charge in [0, 0.05) is 0 Å². The van der Waals surface area contributed by atoms with E-state index < -0.39 is 36.4 Å². The van der Waals surface area contributed by atoms with Gasteiger partial charge in [-0.15, -0.1) is 0 Å². The SMILES string of the molecule is CCOC(=O)C(C)(C)C(=O)CN(C)CC(F)(F)F. The molecule has 0 amide bonds. The molecule has 0 N–H and O–H groups in total. The lowest BCUT2D eigenvalue weighted by Crippen LogP contribution is -2.43. The van der Waals surface area contributed by atoms with Gasteiger partial charge in [0.05, 0.1) is 19.7 Å². The van der Waals surface area contributed by atoms with Crippen LogP contribution in [0.5, 0.6) is 0 Å². The van der Waals surface area contributed by atoms with Crippen LogP contribution in [0.15, 0.2) is 0 Å². The number of carbonyl (C=O) groups excluding carboxylic acids is 2. The zero-order valence-electron chi connectivity index (χ0n) is 10.9. The maximum absolute atomic E-state index is 12.1. The van der Waals surface area contributed by atoms with Gasteiger partial charge in [0.1, 0.15) is 5.41 Å². The van der Waals surface area contributed by atoms with Crippen molar-refractivity contribution in [2.45, 2.75) is 26.9 Å². The second-order valence-electron chi connectivity index (χ2n) is 4.56. The standard InChI is InChI=1S/C11H18F3NO3/c1-5-18-9(17)10(2,3)8(16)6-15(4)7-11(12,13)14/h5-7H2,1-4H3. The van der Waals surface area contributed by atoms with E-state index in [1.54, 1.807) is 6.92 Å². The lowest BCUT2D eigenvalue weighted by Gasteiger charge is -2.24. The number of Topliss-reactive ketones (excluding diaryl/α,β-unsaturated/α-hetero) is 1. The van der Waals surface area contributed by atoms with Gasteiger partial charge in [-0.05, 0) is 27.8 Å². The summed E-state index contributed by atoms with van der Waals surface area (Å²) in [5, 5.41) is 0. The normalized spacial score (nSPS) is 12.7. The average molecular weight is 269 g/mol. The van der Waals surface area contributed by atoms with Gasteiger partial charge in [0.25, 0.3) is 0 Å². The Hall–Kier alpha value is -1.11. The third kappa shape index (κ3) is 5.48. The van der Waals surface area contributed by atoms with Crippen molar-refractivity contribution < 1.29 is 27.5 Å². The number of carbonyl (C=O) groups is 2. The highest BCUT2D eigenvalue weighted by Gasteiger charge is 2.39. The van der Waals surface area contributed by atoms with Crippen molar-refractivity contribution in [3.63, 3.8) is 0 Å². The maximum atomic E-state index is 12.1. The van der Waals surface area contributed by atoms with Crippen molar-refractivity contribution in [2.24, 2.45) is 5.41 Å². The topological polar surface area (TPSA) is 46.6 Å². The van der Waals surface area contributed by atoms with Crippen molar-refractivity contribution in [1.29, 1.82) is 0 Å². The monoisotopic (exact) mass is 269 g/mol. The lowest BCUT2D eigenvalue weighted by atomic mass is 9.88. The van der Waals surface area contributed by atoms with Crippen LogP contribution in [0.25, 0.3) is 0 Å². The first-order valence-corrected chi connectivity index (χ1v) is 5.46. The van der Waals surface area contributed by atoms with E-state index in [4.69, 9.17) is 4.74 Å². The molecule has 0 fully saturated rings. The van der Waals surface area contributed by atoms with Crippen molar-refractivity contribution >= 4 is 11.8 Å². The molecule has 18 heavy (non-hydrogen) atoms. The first-order valence-electron chi connectivity index (χ1n) is 5.46. The highest BCUT2D eigenvalue weighted by molar-refractivity contribution is 6.03. The van der Waals surface area contributed by atoms with Gasteiger partial charge >= 0.3 is 12.1 Å². The van der Waals surface area contributed by atoms with Crippen LogP contribution in [0.2, 0.25) is 0 Å². The Morgan fingerprint density at radius 1 is 1.22 bits per heavy atom. The number of hydrogen-bond acceptors (Lipinski definition) is 4. The molecule has 0 radical (unpaired) electrons. The Labute approximate surface area is 104 Å². The first-order chi connectivity index (χ1) is 8.00. The minimum absolute atomic E-state index is 0.119. The van der Waals surface area contributed by atoms with Crippen LogP contribution in [0.4, 0.5) is 13.2 Å². The van der Waals surface area contributed by atoms with Gasteiger partial charge in [-0.2, -0.15) is 13.2 Å². The summed E-state index contributed by atoms with van der Waals surface area (Å²) >= 11 is 0. The van der Waals surface area contributed by atoms with Crippen LogP contribution >= 0.6 is 0 Å². The molecule has 0 aromatic heterocycles. The molecule has 0 saturated carbocycles. The molecule has 0 aromatic carbocycles. The van der Waals surface area contributed by atoms with Crippen LogP contribution in [0, 0.1) is 5.41 Å². The summed E-state index contributed by atoms with van der Waals surface area (Å²) in [6.07, 6.45) is -4.37. The molecule has 0 saturated heterocycles. The van der Waals surface area contributed by atoms with Crippen molar-refractivity contribution in [3.05, 3.63) is 0 Å². The van der Waals surface area contributed by atoms with Gasteiger partial charge in [-0.1, -0.05) is 0 Å². The van der Waals surface area contributed by atoms with E-state index in [-0.39, 0.29) is 6.61 Å². The first kappa shape index (κ1) is 16.9. The van der Waals surface area contributed by atoms with Crippen LogP contribution in [-0.2, 0) is 14.3 Å². The number of ether oxygens (including phenoxy) is 1. The molecule has 0 spiro atoms. The molecular formula is C11H18F3NO3. The smallest absolute Gasteiger partial charge is 0.401 e. The van der Waals surface area contributed by atoms with Gasteiger partial charge in [0.2, 0.25) is 0 Å². The molecule has 0 aliphatic rings. The summed E-state index contributed by atoms with van der Waals surface area (Å²) in [5.74, 6) is -1.33. The number of likely N-dealkylation sites (N-methyl/N-ethyl adjacent to an activating group) is 1. The summed E-state index contributed by atoms with van der Waals surface area (Å²) in [6, 6.07) is 0. The zero-order chi connectivity index (χ0) is 14.6. The zero-order valence-corrected chi connectivity index (χ0v) is 10.9. The molecule has 0 aromatic rings. The van der Waals surface area contributed by atoms with Gasteiger partial charge in [-0.3, -0.25) is 14.5 Å². The van der Waals surface area contributed by atoms with Gasteiger partial charge in [0.15, 0.2) is 5.78 Å². The van der Waals surface area contributed by atoms with Crippen LogP contribution in [0.1, 0.15) is 20.8 Å². The Kier molecular flexibility index (Phi) is 5.79. The van der Waals surface area contributed by atoms with E-state index in [0.717, 1.165) is 4.90 Å². The number of nitrogens with zero attached hydrogens (tertiary/aromatic N) is 1. The van der Waals surface area contributed by atoms with Crippen molar-refractivity contribution in [1.82, 2.24) is 4.90 Å². The average Bonchev–Trinajstić information content (AvgIpc) is 2.14. The number of ketones is 1. The molecule has 0 aliphatic carbocycles. The number of alkyl halides is 3. The second kappa shape index (κ2) is 6.17. The molecule has 4 nitrogen and oxygen atoms in total. The van der Waals surface area contributed by atoms with Gasteiger partial charge < -0.3 is 4.74 Å². The highest BCUT2D eigenvalue weighted by Crippen LogP contribution is 2.21. The van der Waals surface area contributed by atoms with E-state index >= 15 is 0 Å². The van der Waals surface area contributed by atoms with E-state index in [1.165, 1.54) is 20.9 Å². The molecule has 106 valence electrons. The number of rotatable bonds is 6. The molecule has 0 aliphatic heterocycles. The molecule has 0 bridgehead atoms. The summed E-state index contributed by atoms with van der Waals surface area (Å²) in [4.78, 5) is 24.1. The predicted octanol–water partition coefficient (Wildman–Crippen LogP) is 1.64. The molecule has 0 atom stereocenters. The second-order valence-corrected chi connectivity index (χ2v) is 4.56. The van der Waals surface area contributed by atoms with E-state index in [2.05, 4.69) is 0 Å². The minimum atomic E-state index is -4.37. The number of hydrogen-bond donors (Lipinski definition) is 0. The summed E-state index contributed by atoms with van der Waals surface area (Å²) < 4.78 is 41.0. The number of halogens is 3. The van der Waals surface area contributed by atoms with E-state index in [1.807, 2.05) is 0 Å². The lowest BCUT2D eigenvalue weighted by molar-refractivity contribution is -0.159. The molecule has 0 heterocycles. The largest absolute Gasteiger partial charge is 0.465 e. The Morgan fingerprint density at radius 3 is 2.11 bits per heavy atom. The molecule has 0 unspecified atom stereocenters. The van der Waals surface area contributed by atoms with E-state index in [0.29, 0.717) is 0 Å². The molecular weight excluding hydrogens is 251 g/mol. The Balaban J connectivity index is 4.52. The molecule has 7 heteroatoms. The maximum Gasteiger partial charge on any atom is 0.401 e. The van der Waals surface area contributed by atoms with Crippen LogP contribution < -0.4 is 0 Å². The predicted molar refractivity (Wildman–Crippen MR) is 59.0 cm³/mol. The van der Waals surface area contributed by atoms with Crippen molar-refractivity contribution in [2.75, 3.05) is 26.7 Å². The third-order valence-corrected chi connectivity index (χ3v) is 2.35. The van der Waals surface area contributed by atoms with Crippen LogP contribution in [0.3, 0.4) is 0 Å². The molecule has 0 rings (SSSR count).